The number of halogens is 1. The van der Waals surface area contributed by atoms with Crippen molar-refractivity contribution < 1.29 is 0 Å². The zero-order valence-corrected chi connectivity index (χ0v) is 12.6. The molecule has 0 aliphatic carbocycles. The van der Waals surface area contributed by atoms with Crippen molar-refractivity contribution in [1.82, 2.24) is 4.90 Å². The Morgan fingerprint density at radius 2 is 2.06 bits per heavy atom. The van der Waals surface area contributed by atoms with Crippen LogP contribution in [0.5, 0.6) is 0 Å². The van der Waals surface area contributed by atoms with E-state index in [1.165, 1.54) is 15.6 Å². The Kier molecular flexibility index (Phi) is 6.17. The van der Waals surface area contributed by atoms with Crippen LogP contribution >= 0.6 is 15.9 Å². The Labute approximate surface area is 113 Å². The van der Waals surface area contributed by atoms with E-state index in [-0.39, 0.29) is 0 Å². The standard InChI is InChI=1S/C14H23BrN2/c1-4-8-17(5-2)14(10-16)12-7-6-11(3)13(15)9-12/h6-7,9,14H,4-5,8,10,16H2,1-3H3. The fourth-order valence-electron chi connectivity index (χ4n) is 2.13. The van der Waals surface area contributed by atoms with Gasteiger partial charge in [-0.3, -0.25) is 4.90 Å². The van der Waals surface area contributed by atoms with Crippen LogP contribution in [-0.2, 0) is 0 Å². The van der Waals surface area contributed by atoms with E-state index < -0.39 is 0 Å². The molecule has 0 aromatic heterocycles. The van der Waals surface area contributed by atoms with Crippen molar-refractivity contribution in [3.63, 3.8) is 0 Å². The molecule has 0 amide bonds. The maximum atomic E-state index is 5.94. The number of likely N-dealkylation sites (N-methyl/N-ethyl adjacent to an activating group) is 1. The lowest BCUT2D eigenvalue weighted by molar-refractivity contribution is 0.213. The van der Waals surface area contributed by atoms with Gasteiger partial charge >= 0.3 is 0 Å². The molecule has 3 heteroatoms. The molecule has 1 aromatic rings. The highest BCUT2D eigenvalue weighted by molar-refractivity contribution is 9.10. The van der Waals surface area contributed by atoms with Crippen LogP contribution in [0.15, 0.2) is 22.7 Å². The zero-order chi connectivity index (χ0) is 12.8. The van der Waals surface area contributed by atoms with Crippen molar-refractivity contribution in [1.29, 1.82) is 0 Å². The van der Waals surface area contributed by atoms with E-state index in [9.17, 15) is 0 Å². The van der Waals surface area contributed by atoms with Gasteiger partial charge in [0, 0.05) is 17.1 Å². The number of nitrogens with two attached hydrogens (primary N) is 1. The van der Waals surface area contributed by atoms with Crippen LogP contribution < -0.4 is 5.73 Å². The fraction of sp³-hybridized carbons (Fsp3) is 0.571. The van der Waals surface area contributed by atoms with Crippen LogP contribution in [0.3, 0.4) is 0 Å². The summed E-state index contributed by atoms with van der Waals surface area (Å²) in [7, 11) is 0. The highest BCUT2D eigenvalue weighted by Gasteiger charge is 2.17. The maximum Gasteiger partial charge on any atom is 0.0470 e. The molecule has 2 nitrogen and oxygen atoms in total. The van der Waals surface area contributed by atoms with Crippen molar-refractivity contribution in [2.75, 3.05) is 19.6 Å². The molecule has 17 heavy (non-hydrogen) atoms. The van der Waals surface area contributed by atoms with E-state index in [0.717, 1.165) is 19.5 Å². The van der Waals surface area contributed by atoms with Crippen LogP contribution in [0.25, 0.3) is 0 Å². The summed E-state index contributed by atoms with van der Waals surface area (Å²) in [5.74, 6) is 0. The first-order chi connectivity index (χ1) is 8.13. The summed E-state index contributed by atoms with van der Waals surface area (Å²) in [6.07, 6.45) is 1.16. The first kappa shape index (κ1) is 14.7. The molecule has 96 valence electrons. The normalized spacial score (nSPS) is 13.1. The number of benzene rings is 1. The first-order valence-electron chi connectivity index (χ1n) is 6.34. The summed E-state index contributed by atoms with van der Waals surface area (Å²) in [6, 6.07) is 6.88. The fourth-order valence-corrected chi connectivity index (χ4v) is 2.53. The maximum absolute atomic E-state index is 5.94. The Bertz CT molecular complexity index is 352. The predicted octanol–water partition coefficient (Wildman–Crippen LogP) is 3.49. The van der Waals surface area contributed by atoms with Gasteiger partial charge in [-0.25, -0.2) is 0 Å². The lowest BCUT2D eigenvalue weighted by Gasteiger charge is -2.30. The molecule has 1 atom stereocenters. The minimum Gasteiger partial charge on any atom is -0.329 e. The minimum atomic E-state index is 0.330. The van der Waals surface area contributed by atoms with Gasteiger partial charge in [0.1, 0.15) is 0 Å². The highest BCUT2D eigenvalue weighted by Crippen LogP contribution is 2.25. The van der Waals surface area contributed by atoms with Gasteiger partial charge in [-0.05, 0) is 43.6 Å². The van der Waals surface area contributed by atoms with E-state index in [1.54, 1.807) is 0 Å². The third-order valence-corrected chi connectivity index (χ3v) is 4.02. The summed E-state index contributed by atoms with van der Waals surface area (Å²) >= 11 is 3.59. The average molecular weight is 299 g/mol. The Balaban J connectivity index is 2.95. The lowest BCUT2D eigenvalue weighted by atomic mass is 10.0. The van der Waals surface area contributed by atoms with Gasteiger partial charge in [-0.2, -0.15) is 0 Å². The highest BCUT2D eigenvalue weighted by atomic mass is 79.9. The van der Waals surface area contributed by atoms with Gasteiger partial charge in [0.25, 0.3) is 0 Å². The number of rotatable bonds is 6. The summed E-state index contributed by atoms with van der Waals surface area (Å²) in [5.41, 5.74) is 8.52. The third kappa shape index (κ3) is 3.80. The SMILES string of the molecule is CCCN(CC)C(CN)c1ccc(C)c(Br)c1. The van der Waals surface area contributed by atoms with E-state index >= 15 is 0 Å². The molecule has 0 radical (unpaired) electrons. The van der Waals surface area contributed by atoms with Crippen LogP contribution in [0.2, 0.25) is 0 Å². The van der Waals surface area contributed by atoms with Crippen LogP contribution in [0.4, 0.5) is 0 Å². The monoisotopic (exact) mass is 298 g/mol. The molecule has 0 spiro atoms. The first-order valence-corrected chi connectivity index (χ1v) is 7.13. The zero-order valence-electron chi connectivity index (χ0n) is 11.0. The largest absolute Gasteiger partial charge is 0.329 e. The van der Waals surface area contributed by atoms with Crippen molar-refractivity contribution in [3.8, 4) is 0 Å². The molecular weight excluding hydrogens is 276 g/mol. The molecule has 0 saturated carbocycles. The summed E-state index contributed by atoms with van der Waals surface area (Å²) < 4.78 is 1.17. The third-order valence-electron chi connectivity index (χ3n) is 3.16. The molecule has 1 rings (SSSR count). The number of hydrogen-bond donors (Lipinski definition) is 1. The number of nitrogens with zero attached hydrogens (tertiary/aromatic N) is 1. The number of aryl methyl sites for hydroxylation is 1. The van der Waals surface area contributed by atoms with Gasteiger partial charge in [-0.1, -0.05) is 41.9 Å². The number of hydrogen-bond acceptors (Lipinski definition) is 2. The minimum absolute atomic E-state index is 0.330. The van der Waals surface area contributed by atoms with Gasteiger partial charge in [0.05, 0.1) is 0 Å². The van der Waals surface area contributed by atoms with E-state index in [0.29, 0.717) is 12.6 Å². The van der Waals surface area contributed by atoms with Crippen molar-refractivity contribution in [3.05, 3.63) is 33.8 Å². The quantitative estimate of drug-likeness (QED) is 0.871. The van der Waals surface area contributed by atoms with Crippen LogP contribution in [0.1, 0.15) is 37.4 Å². The topological polar surface area (TPSA) is 29.3 Å². The van der Waals surface area contributed by atoms with Crippen molar-refractivity contribution >= 4 is 15.9 Å². The summed E-state index contributed by atoms with van der Waals surface area (Å²) in [5, 5.41) is 0. The average Bonchev–Trinajstić information content (AvgIpc) is 2.33. The lowest BCUT2D eigenvalue weighted by Crippen LogP contribution is -2.34. The van der Waals surface area contributed by atoms with Crippen molar-refractivity contribution in [2.24, 2.45) is 5.73 Å². The summed E-state index contributed by atoms with van der Waals surface area (Å²) in [4.78, 5) is 2.44. The van der Waals surface area contributed by atoms with Crippen molar-refractivity contribution in [2.45, 2.75) is 33.2 Å². The summed E-state index contributed by atoms with van der Waals surface area (Å²) in [6.45, 7) is 9.33. The Morgan fingerprint density at radius 1 is 1.35 bits per heavy atom. The Hall–Kier alpha value is -0.380. The molecule has 1 unspecified atom stereocenters. The van der Waals surface area contributed by atoms with Gasteiger partial charge < -0.3 is 5.73 Å². The second-order valence-corrected chi connectivity index (χ2v) is 5.24. The molecule has 0 heterocycles. The molecular formula is C14H23BrN2. The Morgan fingerprint density at radius 3 is 2.53 bits per heavy atom. The predicted molar refractivity (Wildman–Crippen MR) is 78.2 cm³/mol. The van der Waals surface area contributed by atoms with Crippen LogP contribution in [0, 0.1) is 6.92 Å². The second kappa shape index (κ2) is 7.14. The van der Waals surface area contributed by atoms with Crippen LogP contribution in [-0.4, -0.2) is 24.5 Å². The molecule has 0 fully saturated rings. The molecule has 0 saturated heterocycles. The molecule has 0 aliphatic rings. The second-order valence-electron chi connectivity index (χ2n) is 4.39. The molecule has 1 aromatic carbocycles. The molecule has 0 aliphatic heterocycles. The van der Waals surface area contributed by atoms with E-state index in [2.05, 4.69) is 59.8 Å². The van der Waals surface area contributed by atoms with Gasteiger partial charge in [0.15, 0.2) is 0 Å². The smallest absolute Gasteiger partial charge is 0.0470 e. The van der Waals surface area contributed by atoms with Gasteiger partial charge in [-0.15, -0.1) is 0 Å². The van der Waals surface area contributed by atoms with E-state index in [4.69, 9.17) is 5.73 Å². The molecule has 0 bridgehead atoms. The molecule has 2 N–H and O–H groups in total. The van der Waals surface area contributed by atoms with Gasteiger partial charge in [0.2, 0.25) is 0 Å². The van der Waals surface area contributed by atoms with E-state index in [1.807, 2.05) is 0 Å².